The van der Waals surface area contributed by atoms with Crippen molar-refractivity contribution in [3.63, 3.8) is 0 Å². The number of methoxy groups -OCH3 is 1. The molecule has 0 amide bonds. The van der Waals surface area contributed by atoms with E-state index in [0.717, 1.165) is 38.3 Å². The lowest BCUT2D eigenvalue weighted by molar-refractivity contribution is -0.148. The van der Waals surface area contributed by atoms with Gasteiger partial charge in [-0.25, -0.2) is 4.79 Å². The molecular formula is C16H25N3O2. The van der Waals surface area contributed by atoms with E-state index in [9.17, 15) is 4.79 Å². The zero-order chi connectivity index (χ0) is 15.3. The Morgan fingerprint density at radius 1 is 1.24 bits per heavy atom. The number of nitrogens with zero attached hydrogens (tertiary/aromatic N) is 2. The number of hydrogen-bond acceptors (Lipinski definition) is 5. The van der Waals surface area contributed by atoms with E-state index in [0.29, 0.717) is 6.42 Å². The molecule has 1 aromatic rings. The molecule has 5 nitrogen and oxygen atoms in total. The van der Waals surface area contributed by atoms with Gasteiger partial charge in [-0.2, -0.15) is 0 Å². The second kappa shape index (κ2) is 7.02. The number of hydrogen-bond donors (Lipinski definition) is 1. The van der Waals surface area contributed by atoms with Gasteiger partial charge in [0.1, 0.15) is 5.54 Å². The van der Waals surface area contributed by atoms with Crippen LogP contribution >= 0.6 is 0 Å². The Morgan fingerprint density at radius 2 is 1.86 bits per heavy atom. The van der Waals surface area contributed by atoms with E-state index < -0.39 is 5.54 Å². The molecule has 116 valence electrons. The molecule has 2 rings (SSSR count). The minimum atomic E-state index is -1.07. The molecule has 2 N–H and O–H groups in total. The third-order valence-electron chi connectivity index (χ3n) is 4.26. The SMILES string of the molecule is COC(=O)C(N)(CCN1CCN(C)CC1)c1ccccc1. The summed E-state index contributed by atoms with van der Waals surface area (Å²) in [7, 11) is 3.52. The normalized spacial score (nSPS) is 20.0. The van der Waals surface area contributed by atoms with E-state index in [-0.39, 0.29) is 5.97 Å². The monoisotopic (exact) mass is 291 g/mol. The maximum atomic E-state index is 12.2. The smallest absolute Gasteiger partial charge is 0.330 e. The molecule has 5 heteroatoms. The Hall–Kier alpha value is -1.43. The van der Waals surface area contributed by atoms with Crippen molar-refractivity contribution in [2.24, 2.45) is 5.73 Å². The highest BCUT2D eigenvalue weighted by Crippen LogP contribution is 2.24. The van der Waals surface area contributed by atoms with Crippen LogP contribution in [0.3, 0.4) is 0 Å². The predicted molar refractivity (Wildman–Crippen MR) is 82.9 cm³/mol. The first-order valence-corrected chi connectivity index (χ1v) is 7.40. The van der Waals surface area contributed by atoms with Crippen molar-refractivity contribution >= 4 is 5.97 Å². The molecule has 1 aromatic carbocycles. The maximum Gasteiger partial charge on any atom is 0.330 e. The topological polar surface area (TPSA) is 58.8 Å². The van der Waals surface area contributed by atoms with Crippen molar-refractivity contribution < 1.29 is 9.53 Å². The van der Waals surface area contributed by atoms with E-state index in [4.69, 9.17) is 10.5 Å². The number of piperazine rings is 1. The van der Waals surface area contributed by atoms with Crippen molar-refractivity contribution in [1.82, 2.24) is 9.80 Å². The molecule has 1 heterocycles. The number of carbonyl (C=O) groups is 1. The molecular weight excluding hydrogens is 266 g/mol. The van der Waals surface area contributed by atoms with Crippen molar-refractivity contribution in [3.8, 4) is 0 Å². The lowest BCUT2D eigenvalue weighted by atomic mass is 9.87. The van der Waals surface area contributed by atoms with Crippen LogP contribution in [0.25, 0.3) is 0 Å². The largest absolute Gasteiger partial charge is 0.467 e. The number of likely N-dealkylation sites (N-methyl/N-ethyl adjacent to an activating group) is 1. The van der Waals surface area contributed by atoms with Crippen molar-refractivity contribution in [2.45, 2.75) is 12.0 Å². The lowest BCUT2D eigenvalue weighted by Gasteiger charge is -2.35. The first-order valence-electron chi connectivity index (χ1n) is 7.40. The molecule has 0 radical (unpaired) electrons. The second-order valence-corrected chi connectivity index (χ2v) is 5.72. The summed E-state index contributed by atoms with van der Waals surface area (Å²) in [6, 6.07) is 9.49. The fraction of sp³-hybridized carbons (Fsp3) is 0.562. The van der Waals surface area contributed by atoms with Gasteiger partial charge in [0, 0.05) is 32.7 Å². The Bertz CT molecular complexity index is 458. The summed E-state index contributed by atoms with van der Waals surface area (Å²) in [6.45, 7) is 4.95. The molecule has 0 spiro atoms. The summed E-state index contributed by atoms with van der Waals surface area (Å²) in [6.07, 6.45) is 0.563. The number of rotatable bonds is 5. The molecule has 0 aliphatic carbocycles. The van der Waals surface area contributed by atoms with Gasteiger partial charge in [0.05, 0.1) is 7.11 Å². The zero-order valence-corrected chi connectivity index (χ0v) is 12.9. The lowest BCUT2D eigenvalue weighted by Crippen LogP contribution is -2.50. The fourth-order valence-electron chi connectivity index (χ4n) is 2.69. The van der Waals surface area contributed by atoms with Crippen LogP contribution in [0.5, 0.6) is 0 Å². The summed E-state index contributed by atoms with van der Waals surface area (Å²) >= 11 is 0. The Labute approximate surface area is 126 Å². The Kier molecular flexibility index (Phi) is 5.33. The molecule has 21 heavy (non-hydrogen) atoms. The summed E-state index contributed by atoms with van der Waals surface area (Å²) in [5.41, 5.74) is 6.15. The van der Waals surface area contributed by atoms with Crippen molar-refractivity contribution in [1.29, 1.82) is 0 Å². The predicted octanol–water partition coefficient (Wildman–Crippen LogP) is 0.651. The van der Waals surface area contributed by atoms with E-state index in [1.54, 1.807) is 0 Å². The first kappa shape index (κ1) is 15.9. The standard InChI is InChI=1S/C16H25N3O2/c1-18-10-12-19(13-11-18)9-8-16(17,15(20)21-2)14-6-4-3-5-7-14/h3-7H,8-13,17H2,1-2H3. The number of benzene rings is 1. The number of ether oxygens (including phenoxy) is 1. The van der Waals surface area contributed by atoms with Crippen LogP contribution in [0.2, 0.25) is 0 Å². The third kappa shape index (κ3) is 3.81. The van der Waals surface area contributed by atoms with Gasteiger partial charge in [0.15, 0.2) is 0 Å². The van der Waals surface area contributed by atoms with Gasteiger partial charge >= 0.3 is 5.97 Å². The molecule has 1 fully saturated rings. The van der Waals surface area contributed by atoms with Gasteiger partial charge in [-0.3, -0.25) is 0 Å². The van der Waals surface area contributed by atoms with Crippen LogP contribution < -0.4 is 5.73 Å². The van der Waals surface area contributed by atoms with Crippen LogP contribution in [0.4, 0.5) is 0 Å². The van der Waals surface area contributed by atoms with Gasteiger partial charge in [-0.15, -0.1) is 0 Å². The molecule has 1 unspecified atom stereocenters. The summed E-state index contributed by atoms with van der Waals surface area (Å²) in [5.74, 6) is -0.372. The molecule has 1 aliphatic rings. The van der Waals surface area contributed by atoms with Gasteiger partial charge < -0.3 is 20.3 Å². The van der Waals surface area contributed by atoms with Crippen LogP contribution in [0.15, 0.2) is 30.3 Å². The van der Waals surface area contributed by atoms with Gasteiger partial charge in [0.2, 0.25) is 0 Å². The molecule has 0 saturated carbocycles. The van der Waals surface area contributed by atoms with Crippen LogP contribution in [0, 0.1) is 0 Å². The minimum Gasteiger partial charge on any atom is -0.467 e. The fourth-order valence-corrected chi connectivity index (χ4v) is 2.69. The molecule has 0 bridgehead atoms. The maximum absolute atomic E-state index is 12.2. The quantitative estimate of drug-likeness (QED) is 0.807. The average molecular weight is 291 g/mol. The highest BCUT2D eigenvalue weighted by Gasteiger charge is 2.37. The summed E-state index contributed by atoms with van der Waals surface area (Å²) in [4.78, 5) is 16.8. The molecule has 1 atom stereocenters. The van der Waals surface area contributed by atoms with Crippen molar-refractivity contribution in [2.75, 3.05) is 46.9 Å². The zero-order valence-electron chi connectivity index (χ0n) is 12.9. The van der Waals surface area contributed by atoms with E-state index in [2.05, 4.69) is 16.8 Å². The van der Waals surface area contributed by atoms with E-state index >= 15 is 0 Å². The molecule has 1 aliphatic heterocycles. The van der Waals surface area contributed by atoms with Crippen LogP contribution in [0.1, 0.15) is 12.0 Å². The number of nitrogens with two attached hydrogens (primary N) is 1. The highest BCUT2D eigenvalue weighted by molar-refractivity contribution is 5.82. The Balaban J connectivity index is 2.05. The van der Waals surface area contributed by atoms with E-state index in [1.807, 2.05) is 30.3 Å². The first-order chi connectivity index (χ1) is 10.1. The van der Waals surface area contributed by atoms with Crippen LogP contribution in [-0.2, 0) is 15.1 Å². The van der Waals surface area contributed by atoms with Crippen molar-refractivity contribution in [3.05, 3.63) is 35.9 Å². The number of carbonyl (C=O) groups excluding carboxylic acids is 1. The van der Waals surface area contributed by atoms with Gasteiger partial charge in [-0.05, 0) is 19.0 Å². The average Bonchev–Trinajstić information content (AvgIpc) is 2.54. The van der Waals surface area contributed by atoms with Crippen LogP contribution in [-0.4, -0.2) is 62.7 Å². The Morgan fingerprint density at radius 3 is 2.43 bits per heavy atom. The number of esters is 1. The van der Waals surface area contributed by atoms with Gasteiger partial charge in [0.25, 0.3) is 0 Å². The summed E-state index contributed by atoms with van der Waals surface area (Å²) in [5, 5.41) is 0. The highest BCUT2D eigenvalue weighted by atomic mass is 16.5. The molecule has 1 saturated heterocycles. The van der Waals surface area contributed by atoms with E-state index in [1.165, 1.54) is 7.11 Å². The second-order valence-electron chi connectivity index (χ2n) is 5.72. The molecule has 0 aromatic heterocycles. The third-order valence-corrected chi connectivity index (χ3v) is 4.26. The van der Waals surface area contributed by atoms with Gasteiger partial charge in [-0.1, -0.05) is 30.3 Å². The summed E-state index contributed by atoms with van der Waals surface area (Å²) < 4.78 is 4.94. The minimum absolute atomic E-state index is 0.372.